The van der Waals surface area contributed by atoms with E-state index in [1.165, 1.54) is 0 Å². The largest absolute Gasteiger partial charge is 0.477 e. The zero-order valence-corrected chi connectivity index (χ0v) is 10.3. The molecule has 1 aliphatic carbocycles. The summed E-state index contributed by atoms with van der Waals surface area (Å²) < 4.78 is 0. The number of nitrogens with zero attached hydrogens (tertiary/aromatic N) is 1. The van der Waals surface area contributed by atoms with Gasteiger partial charge < -0.3 is 10.4 Å². The molecule has 4 heteroatoms. The van der Waals surface area contributed by atoms with Crippen molar-refractivity contribution in [1.29, 1.82) is 0 Å². The van der Waals surface area contributed by atoms with Crippen LogP contribution in [0.5, 0.6) is 0 Å². The van der Waals surface area contributed by atoms with Crippen molar-refractivity contribution >= 4 is 22.6 Å². The molecule has 4 nitrogen and oxygen atoms in total. The highest BCUT2D eigenvalue weighted by Gasteiger charge is 2.15. The number of aromatic carboxylic acids is 1. The van der Waals surface area contributed by atoms with Gasteiger partial charge in [-0.05, 0) is 24.3 Å². The highest BCUT2D eigenvalue weighted by molar-refractivity contribution is 5.97. The average Bonchev–Trinajstić information content (AvgIpc) is 2.91. The number of carboxylic acids is 1. The molecule has 3 rings (SSSR count). The summed E-state index contributed by atoms with van der Waals surface area (Å²) in [7, 11) is 0. The molecule has 19 heavy (non-hydrogen) atoms. The first-order valence-corrected chi connectivity index (χ1v) is 6.28. The summed E-state index contributed by atoms with van der Waals surface area (Å²) in [5.74, 6) is -0.345. The number of rotatable bonds is 3. The van der Waals surface area contributed by atoms with E-state index in [1.807, 2.05) is 24.3 Å². The van der Waals surface area contributed by atoms with Crippen LogP contribution in [-0.2, 0) is 0 Å². The van der Waals surface area contributed by atoms with Crippen LogP contribution in [-0.4, -0.2) is 22.1 Å². The van der Waals surface area contributed by atoms with E-state index in [9.17, 15) is 4.79 Å². The summed E-state index contributed by atoms with van der Waals surface area (Å²) in [6.45, 7) is 0. The van der Waals surface area contributed by atoms with E-state index in [2.05, 4.69) is 22.5 Å². The first-order chi connectivity index (χ1) is 9.24. The molecule has 0 atom stereocenters. The molecule has 0 bridgehead atoms. The highest BCUT2D eigenvalue weighted by Crippen LogP contribution is 2.25. The Morgan fingerprint density at radius 2 is 2.00 bits per heavy atom. The maximum absolute atomic E-state index is 11.1. The number of carbonyl (C=O) groups is 1. The predicted octanol–water partition coefficient (Wildman–Crippen LogP) is 3.06. The molecule has 0 aliphatic heterocycles. The van der Waals surface area contributed by atoms with Crippen molar-refractivity contribution < 1.29 is 9.90 Å². The summed E-state index contributed by atoms with van der Waals surface area (Å²) in [4.78, 5) is 15.4. The van der Waals surface area contributed by atoms with E-state index >= 15 is 0 Å². The first kappa shape index (κ1) is 11.7. The first-order valence-electron chi connectivity index (χ1n) is 6.28. The van der Waals surface area contributed by atoms with Crippen LogP contribution in [0.4, 0.5) is 5.82 Å². The Kier molecular flexibility index (Phi) is 2.91. The van der Waals surface area contributed by atoms with Crippen molar-refractivity contribution in [2.45, 2.75) is 18.9 Å². The molecule has 0 amide bonds. The Bertz CT molecular complexity index is 656. The molecule has 0 unspecified atom stereocenters. The van der Waals surface area contributed by atoms with Gasteiger partial charge in [0.25, 0.3) is 0 Å². The van der Waals surface area contributed by atoms with E-state index in [-0.39, 0.29) is 5.69 Å². The van der Waals surface area contributed by atoms with Gasteiger partial charge in [-0.1, -0.05) is 36.4 Å². The molecular weight excluding hydrogens is 240 g/mol. The van der Waals surface area contributed by atoms with Gasteiger partial charge in [-0.2, -0.15) is 0 Å². The second kappa shape index (κ2) is 4.72. The Morgan fingerprint density at radius 3 is 2.74 bits per heavy atom. The van der Waals surface area contributed by atoms with Gasteiger partial charge in [0.1, 0.15) is 5.82 Å². The molecule has 0 radical (unpaired) electrons. The summed E-state index contributed by atoms with van der Waals surface area (Å²) >= 11 is 0. The van der Waals surface area contributed by atoms with Crippen molar-refractivity contribution in [3.63, 3.8) is 0 Å². The van der Waals surface area contributed by atoms with Gasteiger partial charge in [-0.3, -0.25) is 0 Å². The smallest absolute Gasteiger partial charge is 0.354 e. The van der Waals surface area contributed by atoms with Crippen molar-refractivity contribution in [3.8, 4) is 0 Å². The highest BCUT2D eigenvalue weighted by atomic mass is 16.4. The fourth-order valence-electron chi connectivity index (χ4n) is 2.35. The molecule has 0 saturated carbocycles. The summed E-state index contributed by atoms with van der Waals surface area (Å²) in [5, 5.41) is 14.3. The number of aromatic nitrogens is 1. The van der Waals surface area contributed by atoms with Crippen molar-refractivity contribution in [2.24, 2.45) is 0 Å². The maximum Gasteiger partial charge on any atom is 0.354 e. The van der Waals surface area contributed by atoms with Crippen LogP contribution in [0, 0.1) is 0 Å². The quantitative estimate of drug-likeness (QED) is 0.826. The van der Waals surface area contributed by atoms with Crippen LogP contribution in [0.15, 0.2) is 42.5 Å². The lowest BCUT2D eigenvalue weighted by molar-refractivity contribution is 0.0691. The molecule has 1 aliphatic rings. The maximum atomic E-state index is 11.1. The molecule has 1 aromatic heterocycles. The number of anilines is 1. The lowest BCUT2D eigenvalue weighted by Crippen LogP contribution is -2.17. The number of pyridine rings is 1. The van der Waals surface area contributed by atoms with Crippen LogP contribution in [0.1, 0.15) is 23.3 Å². The standard InChI is InChI=1S/C15H14N2O2/c18-15(19)13-9-10-5-1-4-8-12(10)14(17-13)16-11-6-2-3-7-11/h1-5,8-9,11H,6-7H2,(H,16,17)(H,18,19). The molecule has 2 aromatic rings. The van der Waals surface area contributed by atoms with Crippen molar-refractivity contribution in [1.82, 2.24) is 4.98 Å². The van der Waals surface area contributed by atoms with Crippen LogP contribution in [0.2, 0.25) is 0 Å². The molecule has 2 N–H and O–H groups in total. The number of nitrogens with one attached hydrogen (secondary N) is 1. The zero-order valence-electron chi connectivity index (χ0n) is 10.3. The van der Waals surface area contributed by atoms with Gasteiger partial charge in [-0.25, -0.2) is 9.78 Å². The number of hydrogen-bond acceptors (Lipinski definition) is 3. The number of fused-ring (bicyclic) bond motifs is 1. The van der Waals surface area contributed by atoms with E-state index in [1.54, 1.807) is 6.07 Å². The Balaban J connectivity index is 2.06. The lowest BCUT2D eigenvalue weighted by atomic mass is 10.1. The minimum absolute atomic E-state index is 0.0761. The van der Waals surface area contributed by atoms with Crippen molar-refractivity contribution in [2.75, 3.05) is 5.32 Å². The molecular formula is C15H14N2O2. The second-order valence-electron chi connectivity index (χ2n) is 4.67. The van der Waals surface area contributed by atoms with Crippen LogP contribution in [0.25, 0.3) is 10.8 Å². The third-order valence-corrected chi connectivity index (χ3v) is 3.31. The minimum atomic E-state index is -1.00. The molecule has 0 spiro atoms. The van der Waals surface area contributed by atoms with Crippen LogP contribution >= 0.6 is 0 Å². The Hall–Kier alpha value is -2.36. The van der Waals surface area contributed by atoms with Gasteiger partial charge in [0, 0.05) is 11.4 Å². The van der Waals surface area contributed by atoms with Gasteiger partial charge in [0.05, 0.1) is 0 Å². The third kappa shape index (κ3) is 2.29. The third-order valence-electron chi connectivity index (χ3n) is 3.31. The predicted molar refractivity (Wildman–Crippen MR) is 74.5 cm³/mol. The monoisotopic (exact) mass is 254 g/mol. The molecule has 1 heterocycles. The SMILES string of the molecule is O=C(O)c1cc2ccccc2c(NC2CC=CC2)n1. The number of carboxylic acid groups (broad SMARTS) is 1. The van der Waals surface area contributed by atoms with E-state index in [4.69, 9.17) is 5.11 Å². The zero-order chi connectivity index (χ0) is 13.2. The van der Waals surface area contributed by atoms with E-state index in [0.717, 1.165) is 23.6 Å². The topological polar surface area (TPSA) is 62.2 Å². The fraction of sp³-hybridized carbons (Fsp3) is 0.200. The summed E-state index contributed by atoms with van der Waals surface area (Å²) in [5.41, 5.74) is 0.0761. The fourth-order valence-corrected chi connectivity index (χ4v) is 2.35. The van der Waals surface area contributed by atoms with E-state index in [0.29, 0.717) is 11.9 Å². The van der Waals surface area contributed by atoms with Crippen molar-refractivity contribution in [3.05, 3.63) is 48.2 Å². The molecule has 0 fully saturated rings. The van der Waals surface area contributed by atoms with E-state index < -0.39 is 5.97 Å². The second-order valence-corrected chi connectivity index (χ2v) is 4.67. The molecule has 1 aromatic carbocycles. The lowest BCUT2D eigenvalue weighted by Gasteiger charge is -2.15. The number of hydrogen-bond donors (Lipinski definition) is 2. The Morgan fingerprint density at radius 1 is 1.26 bits per heavy atom. The van der Waals surface area contributed by atoms with Gasteiger partial charge >= 0.3 is 5.97 Å². The summed E-state index contributed by atoms with van der Waals surface area (Å²) in [6, 6.07) is 9.60. The van der Waals surface area contributed by atoms with Gasteiger partial charge in [-0.15, -0.1) is 0 Å². The molecule has 0 saturated heterocycles. The average molecular weight is 254 g/mol. The van der Waals surface area contributed by atoms with Crippen LogP contribution in [0.3, 0.4) is 0 Å². The summed E-state index contributed by atoms with van der Waals surface area (Å²) in [6.07, 6.45) is 6.16. The van der Waals surface area contributed by atoms with Gasteiger partial charge in [0.15, 0.2) is 5.69 Å². The van der Waals surface area contributed by atoms with Gasteiger partial charge in [0.2, 0.25) is 0 Å². The minimum Gasteiger partial charge on any atom is -0.477 e. The number of benzene rings is 1. The van der Waals surface area contributed by atoms with Crippen LogP contribution < -0.4 is 5.32 Å². The normalized spacial score (nSPS) is 14.9. The Labute approximate surface area is 110 Å². The molecule has 96 valence electrons.